The van der Waals surface area contributed by atoms with Crippen LogP contribution in [-0.2, 0) is 16.2 Å². The molecule has 160 valence electrons. The van der Waals surface area contributed by atoms with Crippen LogP contribution in [0.25, 0.3) is 10.6 Å². The second-order valence-electron chi connectivity index (χ2n) is 6.49. The number of benzene rings is 1. The summed E-state index contributed by atoms with van der Waals surface area (Å²) in [6.45, 7) is 1.96. The molecule has 0 amide bonds. The zero-order valence-electron chi connectivity index (χ0n) is 15.3. The summed E-state index contributed by atoms with van der Waals surface area (Å²) in [5, 5.41) is 3.75. The highest BCUT2D eigenvalue weighted by atomic mass is 35.5. The first-order chi connectivity index (χ1) is 14.1. The predicted octanol–water partition coefficient (Wildman–Crippen LogP) is 5.44. The molecule has 0 N–H and O–H groups in total. The quantitative estimate of drug-likeness (QED) is 0.499. The van der Waals surface area contributed by atoms with Crippen molar-refractivity contribution < 1.29 is 30.8 Å². The van der Waals surface area contributed by atoms with Crippen LogP contribution in [0.2, 0.25) is 5.02 Å². The van der Waals surface area contributed by atoms with Gasteiger partial charge in [0.2, 0.25) is 5.76 Å². The van der Waals surface area contributed by atoms with Crippen LogP contribution < -0.4 is 9.04 Å². The fourth-order valence-corrected chi connectivity index (χ4v) is 5.99. The number of ether oxygens (including phenoxy) is 1. The van der Waals surface area contributed by atoms with E-state index < -0.39 is 22.0 Å². The van der Waals surface area contributed by atoms with Crippen LogP contribution in [0.1, 0.15) is 19.1 Å². The minimum absolute atomic E-state index is 0.0447. The SMILES string of the molecule is CC[C@H]1CN(S(=O)(=O)c2ccc(-c3cc(C(F)(F)F)on3)s2)c2cc(Cl)ccc2O1. The standard InChI is InChI=1S/C18H14ClF3N2O4S2/c1-2-11-9-24(13-7-10(19)3-4-14(13)27-11)30(25,26)17-6-5-15(29-17)12-8-16(28-23-12)18(20,21)22/h3-8,11H,2,9H2,1H3/t11-/m0/s1. The molecule has 0 saturated carbocycles. The molecule has 1 aromatic carbocycles. The van der Waals surface area contributed by atoms with Crippen molar-refractivity contribution in [3.63, 3.8) is 0 Å². The van der Waals surface area contributed by atoms with Gasteiger partial charge >= 0.3 is 6.18 Å². The van der Waals surface area contributed by atoms with Crippen LogP contribution in [0.15, 0.2) is 45.1 Å². The molecular weight excluding hydrogens is 465 g/mol. The second-order valence-corrected chi connectivity index (χ2v) is 10.1. The van der Waals surface area contributed by atoms with Gasteiger partial charge in [0.25, 0.3) is 10.0 Å². The fraction of sp³-hybridized carbons (Fsp3) is 0.278. The number of aromatic nitrogens is 1. The molecule has 2 aromatic heterocycles. The maximum absolute atomic E-state index is 13.3. The van der Waals surface area contributed by atoms with Gasteiger partial charge in [0, 0.05) is 11.1 Å². The molecule has 6 nitrogen and oxygen atoms in total. The second kappa shape index (κ2) is 7.47. The Kier molecular flexibility index (Phi) is 5.23. The number of anilines is 1. The average Bonchev–Trinajstić information content (AvgIpc) is 3.36. The fourth-order valence-electron chi connectivity index (χ4n) is 2.96. The highest BCUT2D eigenvalue weighted by molar-refractivity contribution is 7.94. The molecule has 1 aliphatic heterocycles. The first-order valence-corrected chi connectivity index (χ1v) is 11.4. The van der Waals surface area contributed by atoms with Gasteiger partial charge in [0.15, 0.2) is 0 Å². The first kappa shape index (κ1) is 21.0. The molecule has 0 bridgehead atoms. The van der Waals surface area contributed by atoms with E-state index in [-0.39, 0.29) is 27.4 Å². The van der Waals surface area contributed by atoms with Gasteiger partial charge in [-0.05, 0) is 36.8 Å². The van der Waals surface area contributed by atoms with Crippen LogP contribution in [0, 0.1) is 0 Å². The highest BCUT2D eigenvalue weighted by Gasteiger charge is 2.37. The summed E-state index contributed by atoms with van der Waals surface area (Å²) < 4.78 is 76.2. The van der Waals surface area contributed by atoms with Gasteiger partial charge in [-0.25, -0.2) is 8.42 Å². The van der Waals surface area contributed by atoms with E-state index in [1.54, 1.807) is 12.1 Å². The maximum atomic E-state index is 13.3. The molecule has 0 radical (unpaired) electrons. The number of rotatable bonds is 4. The molecule has 1 aliphatic rings. The van der Waals surface area contributed by atoms with Crippen molar-refractivity contribution in [1.29, 1.82) is 0 Å². The molecule has 3 heterocycles. The topological polar surface area (TPSA) is 72.6 Å². The van der Waals surface area contributed by atoms with Crippen LogP contribution in [-0.4, -0.2) is 26.2 Å². The third-order valence-electron chi connectivity index (χ3n) is 4.48. The van der Waals surface area contributed by atoms with Gasteiger partial charge < -0.3 is 9.26 Å². The van der Waals surface area contributed by atoms with Gasteiger partial charge in [-0.2, -0.15) is 13.2 Å². The largest absolute Gasteiger partial charge is 0.486 e. The summed E-state index contributed by atoms with van der Waals surface area (Å²) in [6, 6.07) is 8.18. The van der Waals surface area contributed by atoms with E-state index in [4.69, 9.17) is 16.3 Å². The smallest absolute Gasteiger partial charge is 0.452 e. The summed E-state index contributed by atoms with van der Waals surface area (Å²) in [5.74, 6) is -0.859. The van der Waals surface area contributed by atoms with Crippen molar-refractivity contribution in [2.45, 2.75) is 29.8 Å². The lowest BCUT2D eigenvalue weighted by Gasteiger charge is -2.34. The Hall–Kier alpha value is -2.24. The van der Waals surface area contributed by atoms with Gasteiger partial charge in [0.1, 0.15) is 21.8 Å². The van der Waals surface area contributed by atoms with Crippen molar-refractivity contribution in [3.8, 4) is 16.3 Å². The van der Waals surface area contributed by atoms with Crippen LogP contribution in [0.4, 0.5) is 18.9 Å². The number of alkyl halides is 3. The van der Waals surface area contributed by atoms with E-state index in [9.17, 15) is 21.6 Å². The van der Waals surface area contributed by atoms with E-state index in [2.05, 4.69) is 9.68 Å². The lowest BCUT2D eigenvalue weighted by molar-refractivity contribution is -0.155. The highest BCUT2D eigenvalue weighted by Crippen LogP contribution is 2.41. The Morgan fingerprint density at radius 2 is 2.03 bits per heavy atom. The Balaban J connectivity index is 1.71. The maximum Gasteiger partial charge on any atom is 0.452 e. The van der Waals surface area contributed by atoms with E-state index in [0.29, 0.717) is 22.9 Å². The Labute approximate surface area is 178 Å². The molecule has 30 heavy (non-hydrogen) atoms. The minimum atomic E-state index is -4.68. The van der Waals surface area contributed by atoms with Crippen molar-refractivity contribution >= 4 is 38.6 Å². The summed E-state index contributed by atoms with van der Waals surface area (Å²) in [4.78, 5) is 0.236. The molecule has 0 spiro atoms. The molecule has 12 heteroatoms. The van der Waals surface area contributed by atoms with Gasteiger partial charge in [-0.3, -0.25) is 4.31 Å². The molecule has 1 atom stereocenters. The number of hydrogen-bond acceptors (Lipinski definition) is 6. The number of sulfonamides is 1. The van der Waals surface area contributed by atoms with E-state index >= 15 is 0 Å². The molecule has 0 saturated heterocycles. The normalized spacial score (nSPS) is 17.0. The monoisotopic (exact) mass is 478 g/mol. The van der Waals surface area contributed by atoms with Gasteiger partial charge in [0.05, 0.1) is 17.1 Å². The summed E-state index contributed by atoms with van der Waals surface area (Å²) in [5.41, 5.74) is 0.216. The lowest BCUT2D eigenvalue weighted by Crippen LogP contribution is -2.43. The molecule has 0 aliphatic carbocycles. The van der Waals surface area contributed by atoms with E-state index in [1.807, 2.05) is 6.92 Å². The Morgan fingerprint density at radius 3 is 2.70 bits per heavy atom. The number of halogens is 4. The summed E-state index contributed by atoms with van der Waals surface area (Å²) in [6.07, 6.45) is -4.44. The molecule has 0 fully saturated rings. The Bertz CT molecular complexity index is 1190. The van der Waals surface area contributed by atoms with Gasteiger partial charge in [-0.1, -0.05) is 23.7 Å². The van der Waals surface area contributed by atoms with E-state index in [0.717, 1.165) is 17.4 Å². The summed E-state index contributed by atoms with van der Waals surface area (Å²) in [7, 11) is -4.01. The minimum Gasteiger partial charge on any atom is -0.486 e. The first-order valence-electron chi connectivity index (χ1n) is 8.72. The predicted molar refractivity (Wildman–Crippen MR) is 106 cm³/mol. The van der Waals surface area contributed by atoms with Crippen molar-refractivity contribution in [2.75, 3.05) is 10.8 Å². The third kappa shape index (κ3) is 3.77. The summed E-state index contributed by atoms with van der Waals surface area (Å²) >= 11 is 6.85. The lowest BCUT2D eigenvalue weighted by atomic mass is 10.2. The number of fused-ring (bicyclic) bond motifs is 1. The van der Waals surface area contributed by atoms with Crippen molar-refractivity contribution in [3.05, 3.63) is 47.2 Å². The average molecular weight is 479 g/mol. The molecule has 4 rings (SSSR count). The number of nitrogens with zero attached hydrogens (tertiary/aromatic N) is 2. The van der Waals surface area contributed by atoms with Crippen LogP contribution in [0.5, 0.6) is 5.75 Å². The van der Waals surface area contributed by atoms with Crippen LogP contribution >= 0.6 is 22.9 Å². The Morgan fingerprint density at radius 1 is 1.27 bits per heavy atom. The zero-order valence-corrected chi connectivity index (χ0v) is 17.7. The van der Waals surface area contributed by atoms with Gasteiger partial charge in [-0.15, -0.1) is 11.3 Å². The number of thiophene rings is 1. The zero-order chi connectivity index (χ0) is 21.7. The third-order valence-corrected chi connectivity index (χ3v) is 8.07. The molecular formula is C18H14ClF3N2O4S2. The van der Waals surface area contributed by atoms with Crippen molar-refractivity contribution in [2.24, 2.45) is 0 Å². The van der Waals surface area contributed by atoms with Crippen molar-refractivity contribution in [1.82, 2.24) is 5.16 Å². The number of hydrogen-bond donors (Lipinski definition) is 0. The van der Waals surface area contributed by atoms with Crippen LogP contribution in [0.3, 0.4) is 0 Å². The molecule has 0 unspecified atom stereocenters. The molecule has 3 aromatic rings. The van der Waals surface area contributed by atoms with E-state index in [1.165, 1.54) is 22.5 Å².